The molecule has 0 saturated carbocycles. The lowest BCUT2D eigenvalue weighted by atomic mass is 9.96. The van der Waals surface area contributed by atoms with E-state index in [1.807, 2.05) is 23.2 Å². The van der Waals surface area contributed by atoms with Gasteiger partial charge in [0.15, 0.2) is 0 Å². The Labute approximate surface area is 326 Å². The van der Waals surface area contributed by atoms with Crippen LogP contribution in [0.2, 0.25) is 0 Å². The Kier molecular flexibility index (Phi) is 11.8. The number of aromatic nitrogens is 2. The Bertz CT molecular complexity index is 1870. The van der Waals surface area contributed by atoms with E-state index in [0.29, 0.717) is 25.3 Å². The highest BCUT2D eigenvalue weighted by Crippen LogP contribution is 2.36. The number of aromatic amines is 1. The van der Waals surface area contributed by atoms with E-state index in [4.69, 9.17) is 4.99 Å². The maximum Gasteiger partial charge on any atom is 0.320 e. The van der Waals surface area contributed by atoms with E-state index in [1.165, 1.54) is 0 Å². The van der Waals surface area contributed by atoms with Crippen molar-refractivity contribution in [3.05, 3.63) is 72.3 Å². The van der Waals surface area contributed by atoms with Crippen LogP contribution in [-0.4, -0.2) is 104 Å². The molecule has 1 N–H and O–H groups in total. The first-order valence-corrected chi connectivity index (χ1v) is 18.4. The molecule has 9 nitrogen and oxygen atoms in total. The number of carbonyl (C=O) groups is 2. The minimum Gasteiger partial charge on any atom is -0.340 e. The molecule has 4 amide bonds. The van der Waals surface area contributed by atoms with E-state index in [2.05, 4.69) is 46.4 Å². The van der Waals surface area contributed by atoms with Gasteiger partial charge in [-0.2, -0.15) is 27.0 Å². The minimum absolute atomic E-state index is 0. The largest absolute Gasteiger partial charge is 0.340 e. The number of halogens is 4. The van der Waals surface area contributed by atoms with Gasteiger partial charge in [0, 0.05) is 83.3 Å². The van der Waals surface area contributed by atoms with Crippen LogP contribution in [0.4, 0.5) is 27.2 Å². The molecule has 0 spiro atoms. The third-order valence-corrected chi connectivity index (χ3v) is 11.4. The number of allylic oxidation sites excluding steroid dienone is 1. The molecule has 54 heavy (non-hydrogen) atoms. The molecule has 2 aromatic carbocycles. The summed E-state index contributed by atoms with van der Waals surface area (Å²) < 4.78 is 54.7. The normalized spacial score (nSPS) is 23.4. The molecule has 0 unspecified atom stereocenters. The van der Waals surface area contributed by atoms with E-state index in [1.54, 1.807) is 20.9 Å². The van der Waals surface area contributed by atoms with Gasteiger partial charge in [-0.25, -0.2) is 32.1 Å². The van der Waals surface area contributed by atoms with E-state index in [0.717, 1.165) is 64.9 Å². The second-order valence-electron chi connectivity index (χ2n) is 14.7. The smallest absolute Gasteiger partial charge is 0.320 e. The number of H-pyrrole nitrogens is 1. The average Bonchev–Trinajstić information content (AvgIpc) is 3.98. The third kappa shape index (κ3) is 8.17. The standard InChI is InChI=1S/C39H43F4N7O2.2H2S/c40-38(41)13-19-47(20-14-38)36(51)49-17-1-3-33(49)31-23-30(24-44-31)28-7-5-26(6-8-28)27-9-11-29(12-10-27)32-25-45-35(46-32)34-4-2-18-50(34)37(52)48-21-15-39(42,43)16-22-48;;/h5-12,24-25,33-34H,1-4,13-23H2,(H,45,46);2*1H2/t33-,34-;;/m0../s1. The van der Waals surface area contributed by atoms with Crippen LogP contribution in [-0.2, 0) is 0 Å². The van der Waals surface area contributed by atoms with Crippen molar-refractivity contribution < 1.29 is 27.2 Å². The summed E-state index contributed by atoms with van der Waals surface area (Å²) in [5, 5.41) is 0. The number of nitrogens with zero attached hydrogens (tertiary/aromatic N) is 6. The lowest BCUT2D eigenvalue weighted by Gasteiger charge is -2.36. The van der Waals surface area contributed by atoms with Gasteiger partial charge >= 0.3 is 12.1 Å². The molecule has 4 fully saturated rings. The predicted molar refractivity (Wildman–Crippen MR) is 211 cm³/mol. The van der Waals surface area contributed by atoms with E-state index in [-0.39, 0.29) is 103 Å². The molecule has 4 saturated heterocycles. The van der Waals surface area contributed by atoms with Crippen LogP contribution in [0.1, 0.15) is 75.2 Å². The number of amides is 4. The molecule has 2 atom stereocenters. The highest BCUT2D eigenvalue weighted by Gasteiger charge is 2.42. The SMILES string of the molecule is O=C(N1CCC(F)(F)CC1)N1CCC[C@H]1C1=NC=C(c2ccc(-c3ccc(-c4cnc([C@@H]5CCCN5C(=O)N5CCC(F)(F)CC5)[nH]4)cc3)cc2)C1.S.S. The number of imidazole rings is 1. The fraction of sp³-hybridized carbons (Fsp3) is 0.487. The number of nitrogens with one attached hydrogen (secondary N) is 1. The van der Waals surface area contributed by atoms with Crippen molar-refractivity contribution in [2.24, 2.45) is 4.99 Å². The number of alkyl halides is 4. The zero-order chi connectivity index (χ0) is 36.0. The van der Waals surface area contributed by atoms with Gasteiger partial charge in [-0.3, -0.25) is 4.99 Å². The number of aliphatic imine (C=N–C) groups is 1. The van der Waals surface area contributed by atoms with Crippen LogP contribution in [0, 0.1) is 0 Å². The van der Waals surface area contributed by atoms with Crippen LogP contribution in [0.3, 0.4) is 0 Å². The molecule has 290 valence electrons. The lowest BCUT2D eigenvalue weighted by Crippen LogP contribution is -2.51. The van der Waals surface area contributed by atoms with Crippen molar-refractivity contribution in [2.45, 2.75) is 81.7 Å². The van der Waals surface area contributed by atoms with Gasteiger partial charge in [-0.1, -0.05) is 48.5 Å². The van der Waals surface area contributed by atoms with Crippen LogP contribution in [0.25, 0.3) is 28.0 Å². The number of rotatable bonds is 5. The van der Waals surface area contributed by atoms with Gasteiger partial charge in [0.1, 0.15) is 5.82 Å². The molecule has 1 aromatic heterocycles. The first kappa shape index (κ1) is 39.7. The molecule has 15 heteroatoms. The molecule has 0 aliphatic carbocycles. The molecule has 0 bridgehead atoms. The average molecular weight is 786 g/mol. The summed E-state index contributed by atoms with van der Waals surface area (Å²) in [6.07, 6.45) is 6.46. The monoisotopic (exact) mass is 785 g/mol. The summed E-state index contributed by atoms with van der Waals surface area (Å²) in [7, 11) is 0. The number of piperidine rings is 2. The van der Waals surface area contributed by atoms with Gasteiger partial charge < -0.3 is 24.6 Å². The molecular weight excluding hydrogens is 739 g/mol. The molecule has 5 aliphatic rings. The number of benzene rings is 2. The van der Waals surface area contributed by atoms with Crippen molar-refractivity contribution in [1.82, 2.24) is 29.6 Å². The second kappa shape index (κ2) is 16.0. The zero-order valence-electron chi connectivity index (χ0n) is 30.0. The zero-order valence-corrected chi connectivity index (χ0v) is 32.0. The molecule has 6 heterocycles. The number of hydrogen-bond donors (Lipinski definition) is 1. The fourth-order valence-electron chi connectivity index (χ4n) is 8.24. The maximum absolute atomic E-state index is 13.7. The van der Waals surface area contributed by atoms with Crippen molar-refractivity contribution in [2.75, 3.05) is 39.3 Å². The lowest BCUT2D eigenvalue weighted by molar-refractivity contribution is -0.0500. The summed E-state index contributed by atoms with van der Waals surface area (Å²) in [6.45, 7) is 1.51. The quantitative estimate of drug-likeness (QED) is 0.264. The highest BCUT2D eigenvalue weighted by molar-refractivity contribution is 7.59. The summed E-state index contributed by atoms with van der Waals surface area (Å²) in [4.78, 5) is 46.0. The first-order chi connectivity index (χ1) is 25.0. The van der Waals surface area contributed by atoms with Gasteiger partial charge in [0.05, 0.1) is 24.0 Å². The molecule has 0 radical (unpaired) electrons. The van der Waals surface area contributed by atoms with Crippen molar-refractivity contribution >= 4 is 50.3 Å². The van der Waals surface area contributed by atoms with E-state index < -0.39 is 11.8 Å². The molecule has 3 aromatic rings. The van der Waals surface area contributed by atoms with Crippen molar-refractivity contribution in [3.8, 4) is 22.4 Å². The second-order valence-corrected chi connectivity index (χ2v) is 14.7. The molecule has 8 rings (SSSR count). The molecule has 5 aliphatic heterocycles. The number of hydrogen-bond acceptors (Lipinski definition) is 4. The van der Waals surface area contributed by atoms with Crippen molar-refractivity contribution in [3.63, 3.8) is 0 Å². The summed E-state index contributed by atoms with van der Waals surface area (Å²) in [5.41, 5.74) is 7.04. The van der Waals surface area contributed by atoms with E-state index >= 15 is 0 Å². The van der Waals surface area contributed by atoms with Crippen LogP contribution < -0.4 is 0 Å². The van der Waals surface area contributed by atoms with Crippen molar-refractivity contribution in [1.29, 1.82) is 0 Å². The first-order valence-electron chi connectivity index (χ1n) is 18.4. The van der Waals surface area contributed by atoms with Gasteiger partial charge in [0.25, 0.3) is 11.8 Å². The fourth-order valence-corrected chi connectivity index (χ4v) is 8.24. The Balaban J connectivity index is 0.00000249. The summed E-state index contributed by atoms with van der Waals surface area (Å²) in [6, 6.07) is 15.9. The Morgan fingerprint density at radius 1 is 0.648 bits per heavy atom. The topological polar surface area (TPSA) is 88.1 Å². The van der Waals surface area contributed by atoms with E-state index in [9.17, 15) is 27.2 Å². The summed E-state index contributed by atoms with van der Waals surface area (Å²) >= 11 is 0. The third-order valence-electron chi connectivity index (χ3n) is 11.4. The maximum atomic E-state index is 13.7. The van der Waals surface area contributed by atoms with Gasteiger partial charge in [-0.15, -0.1) is 0 Å². The number of likely N-dealkylation sites (tertiary alicyclic amines) is 4. The number of urea groups is 2. The van der Waals surface area contributed by atoms with Crippen LogP contribution in [0.15, 0.2) is 65.9 Å². The van der Waals surface area contributed by atoms with Gasteiger partial charge in [-0.05, 0) is 53.5 Å². The predicted octanol–water partition coefficient (Wildman–Crippen LogP) is 8.46. The molecular formula is C39H47F4N7O2S2. The summed E-state index contributed by atoms with van der Waals surface area (Å²) in [5.74, 6) is -4.68. The Morgan fingerprint density at radius 3 is 1.65 bits per heavy atom. The highest BCUT2D eigenvalue weighted by atomic mass is 32.1. The Morgan fingerprint density at radius 2 is 1.11 bits per heavy atom. The van der Waals surface area contributed by atoms with Crippen LogP contribution >= 0.6 is 27.0 Å². The number of carbonyl (C=O) groups excluding carboxylic acids is 2. The van der Waals surface area contributed by atoms with Crippen LogP contribution in [0.5, 0.6) is 0 Å². The minimum atomic E-state index is -2.70. The van der Waals surface area contributed by atoms with Gasteiger partial charge in [0.2, 0.25) is 0 Å². The Hall–Kier alpha value is -3.98.